The molecule has 1 aliphatic rings. The van der Waals surface area contributed by atoms with Gasteiger partial charge in [0, 0.05) is 23.7 Å². The van der Waals surface area contributed by atoms with Gasteiger partial charge in [-0.25, -0.2) is 9.78 Å². The Kier molecular flexibility index (Phi) is 3.70. The quantitative estimate of drug-likeness (QED) is 0.599. The van der Waals surface area contributed by atoms with Gasteiger partial charge >= 0.3 is 5.69 Å². The minimum absolute atomic E-state index is 0.0138. The van der Waals surface area contributed by atoms with Crippen molar-refractivity contribution < 1.29 is 4.52 Å². The van der Waals surface area contributed by atoms with Gasteiger partial charge in [-0.15, -0.1) is 0 Å². The molecule has 27 heavy (non-hydrogen) atoms. The van der Waals surface area contributed by atoms with Gasteiger partial charge in [-0.1, -0.05) is 24.9 Å². The molecule has 4 heterocycles. The number of hydrogen-bond acceptors (Lipinski definition) is 4. The number of imidazole rings is 1. The highest BCUT2D eigenvalue weighted by atomic mass is 16.5. The first-order chi connectivity index (χ1) is 13.1. The molecular formula is C20H23N5O2. The van der Waals surface area contributed by atoms with Gasteiger partial charge in [-0.2, -0.15) is 0 Å². The zero-order chi connectivity index (χ0) is 18.5. The number of rotatable bonds is 3. The Labute approximate surface area is 156 Å². The summed E-state index contributed by atoms with van der Waals surface area (Å²) in [5.41, 5.74) is 3.41. The molecule has 1 fully saturated rings. The lowest BCUT2D eigenvalue weighted by molar-refractivity contribution is 0.256. The molecule has 1 saturated carbocycles. The minimum Gasteiger partial charge on any atom is -0.361 e. The van der Waals surface area contributed by atoms with Crippen molar-refractivity contribution in [2.24, 2.45) is 5.92 Å². The highest BCUT2D eigenvalue weighted by Gasteiger charge is 2.29. The van der Waals surface area contributed by atoms with Crippen LogP contribution in [0.15, 0.2) is 33.8 Å². The number of aromatic amines is 1. The number of aryl methyl sites for hydroxylation is 1. The molecule has 7 nitrogen and oxygen atoms in total. The van der Waals surface area contributed by atoms with E-state index in [1.807, 2.05) is 29.8 Å². The van der Waals surface area contributed by atoms with Crippen molar-refractivity contribution in [1.82, 2.24) is 24.3 Å². The van der Waals surface area contributed by atoms with Crippen LogP contribution >= 0.6 is 0 Å². The molecule has 0 aliphatic heterocycles. The summed E-state index contributed by atoms with van der Waals surface area (Å²) in [7, 11) is 0. The highest BCUT2D eigenvalue weighted by Crippen LogP contribution is 2.36. The molecule has 0 unspecified atom stereocenters. The monoisotopic (exact) mass is 365 g/mol. The second-order valence-electron chi connectivity index (χ2n) is 7.73. The SMILES string of the molecule is Cc1cc(Cn2c(=O)n([C@H]3CCCC[C@H]3C)c3c4cc[nH]c4ncc32)no1. The number of nitrogens with one attached hydrogen (secondary N) is 1. The maximum absolute atomic E-state index is 13.5. The molecule has 1 aliphatic carbocycles. The Balaban J connectivity index is 1.78. The van der Waals surface area contributed by atoms with E-state index in [0.29, 0.717) is 12.5 Å². The van der Waals surface area contributed by atoms with E-state index >= 15 is 0 Å². The lowest BCUT2D eigenvalue weighted by Crippen LogP contribution is -2.32. The van der Waals surface area contributed by atoms with E-state index in [0.717, 1.165) is 52.8 Å². The van der Waals surface area contributed by atoms with E-state index in [1.54, 1.807) is 10.8 Å². The number of hydrogen-bond donors (Lipinski definition) is 1. The molecule has 140 valence electrons. The van der Waals surface area contributed by atoms with Gasteiger partial charge in [-0.05, 0) is 31.7 Å². The number of H-pyrrole nitrogens is 1. The first-order valence-corrected chi connectivity index (χ1v) is 9.62. The Bertz CT molecular complexity index is 1180. The maximum atomic E-state index is 13.5. The Hall–Kier alpha value is -2.83. The summed E-state index contributed by atoms with van der Waals surface area (Å²) in [5, 5.41) is 5.08. The van der Waals surface area contributed by atoms with Gasteiger partial charge in [-0.3, -0.25) is 9.13 Å². The maximum Gasteiger partial charge on any atom is 0.329 e. The number of pyridine rings is 1. The fourth-order valence-electron chi connectivity index (χ4n) is 4.56. The molecule has 2 atom stereocenters. The Morgan fingerprint density at radius 3 is 2.96 bits per heavy atom. The summed E-state index contributed by atoms with van der Waals surface area (Å²) in [5.74, 6) is 1.22. The van der Waals surface area contributed by atoms with Crippen molar-refractivity contribution in [1.29, 1.82) is 0 Å². The van der Waals surface area contributed by atoms with Crippen molar-refractivity contribution in [3.63, 3.8) is 0 Å². The zero-order valence-electron chi connectivity index (χ0n) is 15.6. The molecule has 0 amide bonds. The van der Waals surface area contributed by atoms with Crippen LogP contribution in [0, 0.1) is 12.8 Å². The lowest BCUT2D eigenvalue weighted by Gasteiger charge is -2.29. The molecule has 7 heteroatoms. The van der Waals surface area contributed by atoms with E-state index in [1.165, 1.54) is 6.42 Å². The zero-order valence-corrected chi connectivity index (χ0v) is 15.6. The third kappa shape index (κ3) is 2.52. The molecule has 5 rings (SSSR count). The standard InChI is InChI=1S/C20H23N5O2/c1-12-5-3-4-6-16(12)25-18-15-7-8-21-19(15)22-10-17(18)24(20(25)26)11-14-9-13(2)27-23-14/h7-10,12,16H,3-6,11H2,1-2H3,(H,21,22)/t12-,16+/m1/s1. The molecular weight excluding hydrogens is 342 g/mol. The van der Waals surface area contributed by atoms with E-state index in [2.05, 4.69) is 22.0 Å². The van der Waals surface area contributed by atoms with Crippen LogP contribution in [0.1, 0.15) is 50.1 Å². The predicted octanol–water partition coefficient (Wildman–Crippen LogP) is 3.78. The van der Waals surface area contributed by atoms with E-state index in [9.17, 15) is 4.79 Å². The van der Waals surface area contributed by atoms with E-state index in [4.69, 9.17) is 4.52 Å². The van der Waals surface area contributed by atoms with Crippen LogP contribution in [0.2, 0.25) is 0 Å². The van der Waals surface area contributed by atoms with Crippen LogP contribution in [0.25, 0.3) is 22.1 Å². The summed E-state index contributed by atoms with van der Waals surface area (Å²) in [6.45, 7) is 4.51. The van der Waals surface area contributed by atoms with Crippen LogP contribution in [0.5, 0.6) is 0 Å². The molecule has 0 spiro atoms. The normalized spacial score (nSPS) is 20.7. The van der Waals surface area contributed by atoms with Gasteiger partial charge in [0.05, 0.1) is 23.8 Å². The molecule has 0 bridgehead atoms. The first kappa shape index (κ1) is 16.4. The summed E-state index contributed by atoms with van der Waals surface area (Å²) in [4.78, 5) is 21.2. The second-order valence-corrected chi connectivity index (χ2v) is 7.73. The average Bonchev–Trinajstić information content (AvgIpc) is 3.35. The van der Waals surface area contributed by atoms with Crippen LogP contribution < -0.4 is 5.69 Å². The fourth-order valence-corrected chi connectivity index (χ4v) is 4.56. The predicted molar refractivity (Wildman–Crippen MR) is 103 cm³/mol. The summed E-state index contributed by atoms with van der Waals surface area (Å²) in [6, 6.07) is 4.11. The van der Waals surface area contributed by atoms with Gasteiger partial charge in [0.1, 0.15) is 17.1 Å². The first-order valence-electron chi connectivity index (χ1n) is 9.62. The minimum atomic E-state index is 0.0138. The number of aromatic nitrogens is 5. The summed E-state index contributed by atoms with van der Waals surface area (Å²) in [6.07, 6.45) is 8.29. The van der Waals surface area contributed by atoms with Crippen molar-refractivity contribution in [3.8, 4) is 0 Å². The summed E-state index contributed by atoms with van der Waals surface area (Å²) < 4.78 is 9.00. The van der Waals surface area contributed by atoms with Gasteiger partial charge in [0.25, 0.3) is 0 Å². The molecule has 0 saturated heterocycles. The second kappa shape index (κ2) is 6.11. The van der Waals surface area contributed by atoms with Crippen LogP contribution in [0.3, 0.4) is 0 Å². The fraction of sp³-hybridized carbons (Fsp3) is 0.450. The molecule has 1 N–H and O–H groups in total. The highest BCUT2D eigenvalue weighted by molar-refractivity contribution is 6.01. The van der Waals surface area contributed by atoms with E-state index < -0.39 is 0 Å². The molecule has 4 aromatic rings. The van der Waals surface area contributed by atoms with Gasteiger partial charge in [0.2, 0.25) is 0 Å². The molecule has 4 aromatic heterocycles. The van der Waals surface area contributed by atoms with Crippen molar-refractivity contribution in [3.05, 3.63) is 46.5 Å². The Morgan fingerprint density at radius 2 is 2.19 bits per heavy atom. The third-order valence-corrected chi connectivity index (χ3v) is 5.90. The van der Waals surface area contributed by atoms with Crippen molar-refractivity contribution in [2.45, 2.75) is 52.1 Å². The Morgan fingerprint density at radius 1 is 1.33 bits per heavy atom. The third-order valence-electron chi connectivity index (χ3n) is 5.90. The van der Waals surface area contributed by atoms with Gasteiger partial charge in [0.15, 0.2) is 0 Å². The largest absolute Gasteiger partial charge is 0.361 e. The van der Waals surface area contributed by atoms with Crippen LogP contribution in [0.4, 0.5) is 0 Å². The van der Waals surface area contributed by atoms with E-state index in [-0.39, 0.29) is 11.7 Å². The molecule has 0 aromatic carbocycles. The van der Waals surface area contributed by atoms with Crippen molar-refractivity contribution >= 4 is 22.1 Å². The van der Waals surface area contributed by atoms with Crippen LogP contribution in [-0.2, 0) is 6.54 Å². The van der Waals surface area contributed by atoms with Crippen molar-refractivity contribution in [2.75, 3.05) is 0 Å². The molecule has 0 radical (unpaired) electrons. The lowest BCUT2D eigenvalue weighted by atomic mass is 9.85. The average molecular weight is 365 g/mol. The summed E-state index contributed by atoms with van der Waals surface area (Å²) >= 11 is 0. The topological polar surface area (TPSA) is 81.6 Å². The number of fused-ring (bicyclic) bond motifs is 3. The smallest absolute Gasteiger partial charge is 0.329 e. The van der Waals surface area contributed by atoms with Gasteiger partial charge < -0.3 is 9.51 Å². The number of nitrogens with zero attached hydrogens (tertiary/aromatic N) is 4. The van der Waals surface area contributed by atoms with Crippen LogP contribution in [-0.4, -0.2) is 24.3 Å².